The van der Waals surface area contributed by atoms with E-state index in [0.29, 0.717) is 57.2 Å². The van der Waals surface area contributed by atoms with E-state index in [4.69, 9.17) is 0 Å². The summed E-state index contributed by atoms with van der Waals surface area (Å²) in [6.45, 7) is 2.05. The molecular formula is C13H21N5O3. The van der Waals surface area contributed by atoms with E-state index in [-0.39, 0.29) is 5.91 Å². The number of carbonyl (C=O) groups is 1. The highest BCUT2D eigenvalue weighted by atomic mass is 16.3. The van der Waals surface area contributed by atoms with Crippen LogP contribution in [0.2, 0.25) is 0 Å². The largest absolute Gasteiger partial charge is 0.390 e. The zero-order chi connectivity index (χ0) is 14.8. The number of aromatic nitrogens is 4. The lowest BCUT2D eigenvalue weighted by Crippen LogP contribution is -2.38. The molecular weight excluding hydrogens is 274 g/mol. The maximum Gasteiger partial charge on any atom is 0.222 e. The number of aliphatic hydroxyl groups excluding tert-OH is 2. The number of amides is 1. The minimum atomic E-state index is -0.638. The van der Waals surface area contributed by atoms with Crippen LogP contribution < -0.4 is 0 Å². The van der Waals surface area contributed by atoms with Gasteiger partial charge in [0.05, 0.1) is 12.2 Å². The van der Waals surface area contributed by atoms with Crippen LogP contribution in [0.25, 0.3) is 0 Å². The Morgan fingerprint density at radius 1 is 1.19 bits per heavy atom. The highest BCUT2D eigenvalue weighted by Gasteiger charge is 2.42. The summed E-state index contributed by atoms with van der Waals surface area (Å²) in [6.07, 6.45) is 2.64. The first-order valence-corrected chi connectivity index (χ1v) is 7.48. The summed E-state index contributed by atoms with van der Waals surface area (Å²) >= 11 is 0. The molecule has 0 bridgehead atoms. The third-order valence-corrected chi connectivity index (χ3v) is 4.63. The Kier molecular flexibility index (Phi) is 4.16. The van der Waals surface area contributed by atoms with Gasteiger partial charge in [-0.2, -0.15) is 0 Å². The topological polar surface area (TPSA) is 104 Å². The van der Waals surface area contributed by atoms with Crippen molar-refractivity contribution in [3.63, 3.8) is 0 Å². The fourth-order valence-corrected chi connectivity index (χ4v) is 3.44. The van der Waals surface area contributed by atoms with Crippen molar-refractivity contribution in [3.05, 3.63) is 6.33 Å². The molecule has 2 N–H and O–H groups in total. The second kappa shape index (κ2) is 6.07. The number of hydrogen-bond donors (Lipinski definition) is 2. The average Bonchev–Trinajstić information content (AvgIpc) is 3.08. The second-order valence-corrected chi connectivity index (χ2v) is 6.10. The molecule has 1 amide bonds. The van der Waals surface area contributed by atoms with Crippen molar-refractivity contribution in [1.29, 1.82) is 0 Å². The predicted molar refractivity (Wildman–Crippen MR) is 71.9 cm³/mol. The number of aliphatic hydroxyl groups is 2. The van der Waals surface area contributed by atoms with E-state index in [9.17, 15) is 15.0 Å². The van der Waals surface area contributed by atoms with Crippen LogP contribution in [-0.4, -0.2) is 66.5 Å². The molecule has 4 atom stereocenters. The van der Waals surface area contributed by atoms with Gasteiger partial charge in [-0.25, -0.2) is 4.68 Å². The molecule has 3 rings (SSSR count). The first kappa shape index (κ1) is 14.4. The molecule has 8 nitrogen and oxygen atoms in total. The molecule has 2 fully saturated rings. The van der Waals surface area contributed by atoms with Gasteiger partial charge in [0.2, 0.25) is 5.91 Å². The molecule has 1 aliphatic carbocycles. The van der Waals surface area contributed by atoms with Gasteiger partial charge in [0.15, 0.2) is 0 Å². The van der Waals surface area contributed by atoms with Crippen LogP contribution in [0.5, 0.6) is 0 Å². The molecule has 1 saturated heterocycles. The van der Waals surface area contributed by atoms with Crippen molar-refractivity contribution in [2.24, 2.45) is 11.8 Å². The quantitative estimate of drug-likeness (QED) is 0.741. The van der Waals surface area contributed by atoms with E-state index >= 15 is 0 Å². The summed E-state index contributed by atoms with van der Waals surface area (Å²) in [5.41, 5.74) is 0. The summed E-state index contributed by atoms with van der Waals surface area (Å²) in [6, 6.07) is 0. The zero-order valence-corrected chi connectivity index (χ0v) is 11.9. The van der Waals surface area contributed by atoms with Crippen molar-refractivity contribution in [1.82, 2.24) is 25.1 Å². The Hall–Kier alpha value is -1.54. The van der Waals surface area contributed by atoms with E-state index in [0.717, 1.165) is 0 Å². The van der Waals surface area contributed by atoms with Crippen molar-refractivity contribution in [2.45, 2.75) is 44.4 Å². The molecule has 0 unspecified atom stereocenters. The zero-order valence-electron chi connectivity index (χ0n) is 11.9. The van der Waals surface area contributed by atoms with Crippen LogP contribution in [0.15, 0.2) is 6.33 Å². The van der Waals surface area contributed by atoms with Crippen LogP contribution in [0.4, 0.5) is 0 Å². The fourth-order valence-electron chi connectivity index (χ4n) is 3.44. The molecule has 2 heterocycles. The van der Waals surface area contributed by atoms with Gasteiger partial charge in [0.1, 0.15) is 6.33 Å². The number of fused-ring (bicyclic) bond motifs is 1. The van der Waals surface area contributed by atoms with Crippen LogP contribution in [-0.2, 0) is 11.3 Å². The van der Waals surface area contributed by atoms with Gasteiger partial charge in [-0.1, -0.05) is 0 Å². The Balaban J connectivity index is 1.46. The molecule has 0 radical (unpaired) electrons. The van der Waals surface area contributed by atoms with Crippen molar-refractivity contribution in [2.75, 3.05) is 13.1 Å². The third kappa shape index (κ3) is 3.21. The Labute approximate surface area is 122 Å². The van der Waals surface area contributed by atoms with Gasteiger partial charge in [-0.3, -0.25) is 4.79 Å². The Morgan fingerprint density at radius 2 is 1.86 bits per heavy atom. The smallest absolute Gasteiger partial charge is 0.222 e. The van der Waals surface area contributed by atoms with Gasteiger partial charge in [0, 0.05) is 26.1 Å². The van der Waals surface area contributed by atoms with E-state index < -0.39 is 12.2 Å². The average molecular weight is 295 g/mol. The molecule has 1 aromatic rings. The summed E-state index contributed by atoms with van der Waals surface area (Å²) < 4.78 is 1.61. The normalized spacial score (nSPS) is 32.2. The monoisotopic (exact) mass is 295 g/mol. The number of carbonyl (C=O) groups excluding carboxylic acids is 1. The van der Waals surface area contributed by atoms with Crippen LogP contribution >= 0.6 is 0 Å². The number of aryl methyl sites for hydroxylation is 1. The van der Waals surface area contributed by atoms with Crippen LogP contribution in [0.3, 0.4) is 0 Å². The minimum Gasteiger partial charge on any atom is -0.390 e. The number of nitrogens with zero attached hydrogens (tertiary/aromatic N) is 5. The maximum atomic E-state index is 12.2. The number of tetrazole rings is 1. The number of rotatable bonds is 4. The molecule has 116 valence electrons. The van der Waals surface area contributed by atoms with Gasteiger partial charge < -0.3 is 15.1 Å². The summed E-state index contributed by atoms with van der Waals surface area (Å²) in [7, 11) is 0. The molecule has 1 saturated carbocycles. The van der Waals surface area contributed by atoms with E-state index in [1.165, 1.54) is 6.33 Å². The predicted octanol–water partition coefficient (Wildman–Crippen LogP) is -0.956. The standard InChI is InChI=1S/C13H21N5O3/c19-11-4-9-6-17(7-10(9)5-12(11)20)13(21)2-1-3-18-8-14-15-16-18/h8-12,19-20H,1-7H2/t9-,10+,11-,12-/m0/s1. The van der Waals surface area contributed by atoms with E-state index in [1.807, 2.05) is 4.90 Å². The number of hydrogen-bond acceptors (Lipinski definition) is 6. The number of likely N-dealkylation sites (tertiary alicyclic amines) is 1. The van der Waals surface area contributed by atoms with Crippen LogP contribution in [0, 0.1) is 11.8 Å². The molecule has 21 heavy (non-hydrogen) atoms. The van der Waals surface area contributed by atoms with E-state index in [2.05, 4.69) is 15.5 Å². The summed E-state index contributed by atoms with van der Waals surface area (Å²) in [4.78, 5) is 14.1. The van der Waals surface area contributed by atoms with Crippen LogP contribution in [0.1, 0.15) is 25.7 Å². The minimum absolute atomic E-state index is 0.140. The lowest BCUT2D eigenvalue weighted by molar-refractivity contribution is -0.130. The van der Waals surface area contributed by atoms with Crippen molar-refractivity contribution < 1.29 is 15.0 Å². The lowest BCUT2D eigenvalue weighted by Gasteiger charge is -2.31. The molecule has 2 aliphatic rings. The molecule has 1 aromatic heterocycles. The lowest BCUT2D eigenvalue weighted by atomic mass is 9.79. The molecule has 1 aliphatic heterocycles. The Morgan fingerprint density at radius 3 is 2.43 bits per heavy atom. The first-order chi connectivity index (χ1) is 10.1. The second-order valence-electron chi connectivity index (χ2n) is 6.10. The highest BCUT2D eigenvalue weighted by Crippen LogP contribution is 2.36. The first-order valence-electron chi connectivity index (χ1n) is 7.48. The van der Waals surface area contributed by atoms with Gasteiger partial charge in [-0.15, -0.1) is 5.10 Å². The molecule has 8 heteroatoms. The maximum absolute atomic E-state index is 12.2. The SMILES string of the molecule is O=C(CCCn1cnnn1)N1C[C@H]2C[C@H](O)[C@@H](O)C[C@H]2C1. The van der Waals surface area contributed by atoms with Gasteiger partial charge >= 0.3 is 0 Å². The molecule has 0 spiro atoms. The third-order valence-electron chi connectivity index (χ3n) is 4.63. The van der Waals surface area contributed by atoms with Crippen molar-refractivity contribution >= 4 is 5.91 Å². The van der Waals surface area contributed by atoms with Crippen molar-refractivity contribution in [3.8, 4) is 0 Å². The Bertz CT molecular complexity index is 462. The molecule has 0 aromatic carbocycles. The fraction of sp³-hybridized carbons (Fsp3) is 0.846. The summed E-state index contributed by atoms with van der Waals surface area (Å²) in [5, 5.41) is 30.3. The van der Waals surface area contributed by atoms with Gasteiger partial charge in [-0.05, 0) is 41.5 Å². The highest BCUT2D eigenvalue weighted by molar-refractivity contribution is 5.76. The van der Waals surface area contributed by atoms with Gasteiger partial charge in [0.25, 0.3) is 0 Å². The van der Waals surface area contributed by atoms with E-state index in [1.54, 1.807) is 4.68 Å². The summed E-state index contributed by atoms with van der Waals surface area (Å²) in [5.74, 6) is 0.792.